The van der Waals surface area contributed by atoms with Gasteiger partial charge in [0, 0.05) is 42.4 Å². The first kappa shape index (κ1) is 18.5. The molecule has 1 amide bonds. The van der Waals surface area contributed by atoms with Crippen molar-refractivity contribution >= 4 is 5.91 Å². The van der Waals surface area contributed by atoms with Crippen LogP contribution in [-0.4, -0.2) is 33.9 Å². The topological polar surface area (TPSA) is 46.1 Å². The molecule has 1 atom stereocenters. The summed E-state index contributed by atoms with van der Waals surface area (Å²) >= 11 is 0. The Labute approximate surface area is 154 Å². The van der Waals surface area contributed by atoms with Gasteiger partial charge in [-0.25, -0.2) is 14.4 Å². The van der Waals surface area contributed by atoms with E-state index >= 15 is 0 Å². The highest BCUT2D eigenvalue weighted by Crippen LogP contribution is 2.28. The summed E-state index contributed by atoms with van der Waals surface area (Å²) in [6.45, 7) is 5.68. The minimum Gasteiger partial charge on any atom is -0.342 e. The first-order chi connectivity index (χ1) is 12.6. The molecule has 0 saturated carbocycles. The van der Waals surface area contributed by atoms with Crippen LogP contribution in [0.5, 0.6) is 0 Å². The zero-order chi connectivity index (χ0) is 18.5. The maximum atomic E-state index is 13.5. The number of hydrogen-bond donors (Lipinski definition) is 0. The second-order valence-electron chi connectivity index (χ2n) is 6.95. The van der Waals surface area contributed by atoms with E-state index in [4.69, 9.17) is 0 Å². The molecule has 0 N–H and O–H groups in total. The van der Waals surface area contributed by atoms with Crippen molar-refractivity contribution in [2.75, 3.05) is 13.1 Å². The monoisotopic (exact) mass is 355 g/mol. The molecule has 26 heavy (non-hydrogen) atoms. The van der Waals surface area contributed by atoms with Gasteiger partial charge < -0.3 is 4.90 Å². The van der Waals surface area contributed by atoms with Crippen LogP contribution in [0.4, 0.5) is 4.39 Å². The third-order valence-electron chi connectivity index (χ3n) is 5.25. The quantitative estimate of drug-likeness (QED) is 0.797. The normalized spacial score (nSPS) is 17.5. The van der Waals surface area contributed by atoms with Crippen LogP contribution < -0.4 is 0 Å². The number of halogens is 1. The van der Waals surface area contributed by atoms with Gasteiger partial charge in [0.1, 0.15) is 5.82 Å². The Bertz CT molecular complexity index is 760. The third kappa shape index (κ3) is 4.09. The van der Waals surface area contributed by atoms with Gasteiger partial charge in [0.05, 0.1) is 0 Å². The summed E-state index contributed by atoms with van der Waals surface area (Å²) in [6, 6.07) is 8.25. The molecule has 1 aliphatic rings. The van der Waals surface area contributed by atoms with Crippen LogP contribution in [0.25, 0.3) is 11.4 Å². The van der Waals surface area contributed by atoms with E-state index in [1.807, 2.05) is 17.0 Å². The molecule has 0 radical (unpaired) electrons. The fraction of sp³-hybridized carbons (Fsp3) is 0.476. The lowest BCUT2D eigenvalue weighted by Crippen LogP contribution is -2.42. The number of amides is 1. The average molecular weight is 355 g/mol. The number of hydrogen-bond acceptors (Lipinski definition) is 3. The Balaban J connectivity index is 1.78. The van der Waals surface area contributed by atoms with Gasteiger partial charge >= 0.3 is 0 Å². The molecular formula is C21H26FN3O. The van der Waals surface area contributed by atoms with Crippen molar-refractivity contribution in [2.45, 2.75) is 45.4 Å². The molecule has 1 unspecified atom stereocenters. The van der Waals surface area contributed by atoms with E-state index in [9.17, 15) is 9.18 Å². The van der Waals surface area contributed by atoms with E-state index in [1.165, 1.54) is 12.1 Å². The largest absolute Gasteiger partial charge is 0.342 e. The van der Waals surface area contributed by atoms with Gasteiger partial charge in [-0.05, 0) is 43.9 Å². The van der Waals surface area contributed by atoms with E-state index in [-0.39, 0.29) is 23.6 Å². The van der Waals surface area contributed by atoms with Gasteiger partial charge in [0.25, 0.3) is 0 Å². The highest BCUT2D eigenvalue weighted by atomic mass is 19.1. The smallest absolute Gasteiger partial charge is 0.225 e. The Morgan fingerprint density at radius 3 is 2.85 bits per heavy atom. The van der Waals surface area contributed by atoms with Crippen LogP contribution in [0, 0.1) is 11.7 Å². The van der Waals surface area contributed by atoms with Gasteiger partial charge in [0.15, 0.2) is 5.82 Å². The van der Waals surface area contributed by atoms with Crippen LogP contribution in [-0.2, 0) is 4.79 Å². The zero-order valence-corrected chi connectivity index (χ0v) is 15.5. The van der Waals surface area contributed by atoms with Gasteiger partial charge in [-0.1, -0.05) is 26.0 Å². The molecule has 5 heteroatoms. The lowest BCUT2D eigenvalue weighted by Gasteiger charge is -2.34. The number of piperidine rings is 1. The second kappa shape index (κ2) is 8.39. The summed E-state index contributed by atoms with van der Waals surface area (Å²) in [7, 11) is 0. The van der Waals surface area contributed by atoms with Crippen molar-refractivity contribution in [3.05, 3.63) is 48.0 Å². The number of rotatable bonds is 5. The molecule has 3 rings (SSSR count). The zero-order valence-electron chi connectivity index (χ0n) is 15.5. The first-order valence-corrected chi connectivity index (χ1v) is 9.50. The van der Waals surface area contributed by atoms with Gasteiger partial charge in [0.2, 0.25) is 5.91 Å². The summed E-state index contributed by atoms with van der Waals surface area (Å²) in [5, 5.41) is 0. The molecule has 1 fully saturated rings. The molecule has 0 aliphatic carbocycles. The van der Waals surface area contributed by atoms with Gasteiger partial charge in [-0.2, -0.15) is 0 Å². The second-order valence-corrected chi connectivity index (χ2v) is 6.95. The molecule has 1 aliphatic heterocycles. The Morgan fingerprint density at radius 1 is 1.31 bits per heavy atom. The van der Waals surface area contributed by atoms with Crippen LogP contribution >= 0.6 is 0 Å². The maximum Gasteiger partial charge on any atom is 0.225 e. The Kier molecular flexibility index (Phi) is 5.96. The summed E-state index contributed by atoms with van der Waals surface area (Å²) in [5.41, 5.74) is 1.61. The molecule has 0 spiro atoms. The summed E-state index contributed by atoms with van der Waals surface area (Å²) < 4.78 is 13.5. The predicted octanol–water partition coefficient (Wildman–Crippen LogP) is 4.42. The summed E-state index contributed by atoms with van der Waals surface area (Å²) in [6.07, 6.45) is 5.48. The Hall–Kier alpha value is -2.30. The molecule has 4 nitrogen and oxygen atoms in total. The first-order valence-electron chi connectivity index (χ1n) is 9.50. The molecule has 1 aromatic heterocycles. The van der Waals surface area contributed by atoms with Crippen molar-refractivity contribution < 1.29 is 9.18 Å². The van der Waals surface area contributed by atoms with E-state index < -0.39 is 0 Å². The number of aromatic nitrogens is 2. The molecule has 1 saturated heterocycles. The van der Waals surface area contributed by atoms with E-state index in [0.29, 0.717) is 17.9 Å². The van der Waals surface area contributed by atoms with Crippen LogP contribution in [0.3, 0.4) is 0 Å². The molecule has 0 bridgehead atoms. The fourth-order valence-electron chi connectivity index (χ4n) is 3.68. The third-order valence-corrected chi connectivity index (χ3v) is 5.25. The van der Waals surface area contributed by atoms with E-state index in [2.05, 4.69) is 23.8 Å². The lowest BCUT2D eigenvalue weighted by molar-refractivity contribution is -0.137. The van der Waals surface area contributed by atoms with E-state index in [1.54, 1.807) is 12.3 Å². The van der Waals surface area contributed by atoms with E-state index in [0.717, 1.165) is 37.9 Å². The van der Waals surface area contributed by atoms with Crippen molar-refractivity contribution in [3.8, 4) is 11.4 Å². The minimum absolute atomic E-state index is 0.113. The average Bonchev–Trinajstić information content (AvgIpc) is 2.69. The van der Waals surface area contributed by atoms with Crippen LogP contribution in [0.2, 0.25) is 0 Å². The Morgan fingerprint density at radius 2 is 2.12 bits per heavy atom. The highest BCUT2D eigenvalue weighted by molar-refractivity contribution is 5.79. The van der Waals surface area contributed by atoms with Gasteiger partial charge in [-0.15, -0.1) is 0 Å². The number of carbonyl (C=O) groups excluding carboxylic acids is 1. The minimum atomic E-state index is -0.295. The standard InChI is InChI=1S/C21H26FN3O/c1-3-15(4-2)21(26)25-12-6-8-17(14-25)19-10-11-23-20(24-19)16-7-5-9-18(22)13-16/h5,7,9-11,13,15,17H,3-4,6,8,12,14H2,1-2H3. The lowest BCUT2D eigenvalue weighted by atomic mass is 9.92. The number of nitrogens with zero attached hydrogens (tertiary/aromatic N) is 3. The van der Waals surface area contributed by atoms with Crippen molar-refractivity contribution in [1.82, 2.24) is 14.9 Å². The van der Waals surface area contributed by atoms with Crippen LogP contribution in [0.1, 0.15) is 51.1 Å². The molecule has 138 valence electrons. The summed E-state index contributed by atoms with van der Waals surface area (Å²) in [5.74, 6) is 0.819. The SMILES string of the molecule is CCC(CC)C(=O)N1CCCC(c2ccnc(-c3cccc(F)c3)n2)C1. The summed E-state index contributed by atoms with van der Waals surface area (Å²) in [4.78, 5) is 23.7. The maximum absolute atomic E-state index is 13.5. The van der Waals surface area contributed by atoms with Crippen molar-refractivity contribution in [3.63, 3.8) is 0 Å². The van der Waals surface area contributed by atoms with Crippen molar-refractivity contribution in [1.29, 1.82) is 0 Å². The molecule has 2 aromatic rings. The molecule has 2 heterocycles. The highest BCUT2D eigenvalue weighted by Gasteiger charge is 2.28. The van der Waals surface area contributed by atoms with Crippen molar-refractivity contribution in [2.24, 2.45) is 5.92 Å². The number of benzene rings is 1. The predicted molar refractivity (Wildman–Crippen MR) is 100 cm³/mol. The fourth-order valence-corrected chi connectivity index (χ4v) is 3.68. The molecular weight excluding hydrogens is 329 g/mol. The number of carbonyl (C=O) groups is 1. The molecule has 1 aromatic carbocycles. The van der Waals surface area contributed by atoms with Crippen LogP contribution in [0.15, 0.2) is 36.5 Å². The van der Waals surface area contributed by atoms with Gasteiger partial charge in [-0.3, -0.25) is 4.79 Å². The number of likely N-dealkylation sites (tertiary alicyclic amines) is 1.